The summed E-state index contributed by atoms with van der Waals surface area (Å²) in [6.45, 7) is 4.24. The Hall–Kier alpha value is -2.90. The maximum Gasteiger partial charge on any atom is 0.344 e. The number of benzene rings is 1. The van der Waals surface area contributed by atoms with E-state index in [0.29, 0.717) is 17.8 Å². The highest BCUT2D eigenvalue weighted by molar-refractivity contribution is 5.95. The van der Waals surface area contributed by atoms with E-state index in [2.05, 4.69) is 20.3 Å². The van der Waals surface area contributed by atoms with Crippen molar-refractivity contribution in [3.8, 4) is 0 Å². The van der Waals surface area contributed by atoms with Crippen LogP contribution in [0.25, 0.3) is 0 Å². The largest absolute Gasteiger partial charge is 0.465 e. The van der Waals surface area contributed by atoms with Gasteiger partial charge in [0.15, 0.2) is 0 Å². The van der Waals surface area contributed by atoms with Gasteiger partial charge in [-0.2, -0.15) is 5.10 Å². The Bertz CT molecular complexity index is 755. The number of nitrogens with one attached hydrogen (secondary N) is 2. The zero-order chi connectivity index (χ0) is 17.7. The van der Waals surface area contributed by atoms with Crippen molar-refractivity contribution in [2.45, 2.75) is 26.7 Å². The number of esters is 1. The molecule has 0 aliphatic rings. The molecule has 8 nitrogen and oxygen atoms in total. The molecule has 0 bridgehead atoms. The maximum absolute atomic E-state index is 11.8. The van der Waals surface area contributed by atoms with E-state index in [1.165, 1.54) is 13.2 Å². The SMILES string of the molecule is COC(=O)c1cc(NCCCc2cn[nH]c2C)cc(C)c1[N+](=O)[O-]. The van der Waals surface area contributed by atoms with E-state index in [0.717, 1.165) is 24.1 Å². The third kappa shape index (κ3) is 3.89. The molecule has 1 aromatic heterocycles. The number of hydrogen-bond acceptors (Lipinski definition) is 6. The van der Waals surface area contributed by atoms with Crippen molar-refractivity contribution >= 4 is 17.3 Å². The van der Waals surface area contributed by atoms with Crippen molar-refractivity contribution in [3.63, 3.8) is 0 Å². The van der Waals surface area contributed by atoms with Gasteiger partial charge in [-0.1, -0.05) is 0 Å². The summed E-state index contributed by atoms with van der Waals surface area (Å²) in [4.78, 5) is 22.4. The second kappa shape index (κ2) is 7.58. The van der Waals surface area contributed by atoms with Crippen molar-refractivity contribution in [3.05, 3.63) is 50.8 Å². The molecule has 8 heteroatoms. The lowest BCUT2D eigenvalue weighted by Crippen LogP contribution is -2.10. The van der Waals surface area contributed by atoms with Gasteiger partial charge >= 0.3 is 5.97 Å². The van der Waals surface area contributed by atoms with Crippen LogP contribution in [0.4, 0.5) is 11.4 Å². The van der Waals surface area contributed by atoms with Crippen molar-refractivity contribution in [2.24, 2.45) is 0 Å². The molecular weight excluding hydrogens is 312 g/mol. The van der Waals surface area contributed by atoms with Crippen LogP contribution < -0.4 is 5.32 Å². The average molecular weight is 332 g/mol. The minimum atomic E-state index is -0.720. The third-order valence-electron chi connectivity index (χ3n) is 3.77. The molecule has 0 spiro atoms. The number of H-pyrrole nitrogens is 1. The predicted molar refractivity (Wildman–Crippen MR) is 89.3 cm³/mol. The number of hydrogen-bond donors (Lipinski definition) is 2. The summed E-state index contributed by atoms with van der Waals surface area (Å²) in [5.74, 6) is -0.720. The number of carbonyl (C=O) groups is 1. The van der Waals surface area contributed by atoms with Gasteiger partial charge in [0.1, 0.15) is 5.56 Å². The van der Waals surface area contributed by atoms with Gasteiger partial charge in [-0.15, -0.1) is 0 Å². The molecule has 1 heterocycles. The number of methoxy groups -OCH3 is 1. The molecular formula is C16H20N4O4. The standard InChI is InChI=1S/C16H20N4O4/c1-10-7-13(8-14(16(21)24-3)15(10)20(22)23)17-6-4-5-12-9-18-19-11(12)2/h7-9,17H,4-6H2,1-3H3,(H,18,19). The second-order valence-corrected chi connectivity index (χ2v) is 5.49. The number of aryl methyl sites for hydroxylation is 3. The lowest BCUT2D eigenvalue weighted by molar-refractivity contribution is -0.385. The fraction of sp³-hybridized carbons (Fsp3) is 0.375. The Labute approximate surface area is 139 Å². The molecule has 24 heavy (non-hydrogen) atoms. The first-order chi connectivity index (χ1) is 11.4. The Balaban J connectivity index is 2.07. The number of aromatic nitrogens is 2. The van der Waals surface area contributed by atoms with Gasteiger partial charge in [0, 0.05) is 23.5 Å². The second-order valence-electron chi connectivity index (χ2n) is 5.49. The number of carbonyl (C=O) groups excluding carboxylic acids is 1. The first-order valence-electron chi connectivity index (χ1n) is 7.54. The van der Waals surface area contributed by atoms with Gasteiger partial charge in [-0.25, -0.2) is 4.79 Å². The minimum absolute atomic E-state index is 0.0457. The summed E-state index contributed by atoms with van der Waals surface area (Å²) in [7, 11) is 1.20. The third-order valence-corrected chi connectivity index (χ3v) is 3.77. The maximum atomic E-state index is 11.8. The summed E-state index contributed by atoms with van der Waals surface area (Å²) >= 11 is 0. The molecule has 2 rings (SSSR count). The molecule has 0 radical (unpaired) electrons. The zero-order valence-electron chi connectivity index (χ0n) is 13.9. The Morgan fingerprint density at radius 2 is 2.17 bits per heavy atom. The smallest absolute Gasteiger partial charge is 0.344 e. The Morgan fingerprint density at radius 3 is 2.75 bits per heavy atom. The number of ether oxygens (including phenoxy) is 1. The fourth-order valence-electron chi connectivity index (χ4n) is 2.53. The number of aromatic amines is 1. The first kappa shape index (κ1) is 17.5. The predicted octanol–water partition coefficient (Wildman–Crippen LogP) is 2.77. The van der Waals surface area contributed by atoms with Crippen molar-refractivity contribution in [1.29, 1.82) is 0 Å². The van der Waals surface area contributed by atoms with Crippen LogP contribution in [0.3, 0.4) is 0 Å². The summed E-state index contributed by atoms with van der Waals surface area (Å²) < 4.78 is 4.64. The van der Waals surface area contributed by atoms with E-state index in [9.17, 15) is 14.9 Å². The quantitative estimate of drug-likeness (QED) is 0.349. The normalized spacial score (nSPS) is 10.5. The zero-order valence-corrected chi connectivity index (χ0v) is 13.9. The van der Waals surface area contributed by atoms with Crippen LogP contribution in [0.2, 0.25) is 0 Å². The van der Waals surface area contributed by atoms with Gasteiger partial charge in [0.2, 0.25) is 0 Å². The highest BCUT2D eigenvalue weighted by Gasteiger charge is 2.24. The van der Waals surface area contributed by atoms with Crippen molar-refractivity contribution < 1.29 is 14.5 Å². The molecule has 128 valence electrons. The van der Waals surface area contributed by atoms with Crippen LogP contribution in [-0.2, 0) is 11.2 Å². The lowest BCUT2D eigenvalue weighted by atomic mass is 10.1. The van der Waals surface area contributed by atoms with E-state index >= 15 is 0 Å². The number of nitro groups is 1. The molecule has 1 aromatic carbocycles. The molecule has 2 N–H and O–H groups in total. The Kier molecular flexibility index (Phi) is 5.51. The van der Waals surface area contributed by atoms with E-state index < -0.39 is 10.9 Å². The fourth-order valence-corrected chi connectivity index (χ4v) is 2.53. The van der Waals surface area contributed by atoms with Crippen molar-refractivity contribution in [2.75, 3.05) is 19.0 Å². The lowest BCUT2D eigenvalue weighted by Gasteiger charge is -2.10. The topological polar surface area (TPSA) is 110 Å². The van der Waals surface area contributed by atoms with Gasteiger partial charge < -0.3 is 10.1 Å². The molecule has 0 fully saturated rings. The van der Waals surface area contributed by atoms with E-state index in [1.54, 1.807) is 19.2 Å². The van der Waals surface area contributed by atoms with E-state index in [1.807, 2.05) is 6.92 Å². The van der Waals surface area contributed by atoms with Crippen LogP contribution in [0, 0.1) is 24.0 Å². The number of nitro benzene ring substituents is 1. The highest BCUT2D eigenvalue weighted by Crippen LogP contribution is 2.28. The molecule has 0 aliphatic heterocycles. The van der Waals surface area contributed by atoms with Crippen LogP contribution in [0.15, 0.2) is 18.3 Å². The van der Waals surface area contributed by atoms with Crippen LogP contribution in [0.1, 0.15) is 33.6 Å². The molecule has 2 aromatic rings. The van der Waals surface area contributed by atoms with Crippen LogP contribution in [0.5, 0.6) is 0 Å². The summed E-state index contributed by atoms with van der Waals surface area (Å²) in [6, 6.07) is 3.12. The summed E-state index contributed by atoms with van der Waals surface area (Å²) in [5.41, 5.74) is 3.01. The van der Waals surface area contributed by atoms with E-state index in [-0.39, 0.29) is 11.3 Å². The van der Waals surface area contributed by atoms with Gasteiger partial charge in [-0.05, 0) is 44.4 Å². The van der Waals surface area contributed by atoms with Gasteiger partial charge in [0.25, 0.3) is 5.69 Å². The average Bonchev–Trinajstić information content (AvgIpc) is 2.95. The molecule has 0 atom stereocenters. The molecule has 0 amide bonds. The number of rotatable bonds is 7. The molecule has 0 saturated heterocycles. The van der Waals surface area contributed by atoms with Crippen LogP contribution in [-0.4, -0.2) is 34.7 Å². The van der Waals surface area contributed by atoms with E-state index in [4.69, 9.17) is 0 Å². The Morgan fingerprint density at radius 1 is 1.42 bits per heavy atom. The number of nitrogens with zero attached hydrogens (tertiary/aromatic N) is 2. The van der Waals surface area contributed by atoms with Crippen LogP contribution >= 0.6 is 0 Å². The summed E-state index contributed by atoms with van der Waals surface area (Å²) in [6.07, 6.45) is 3.54. The molecule has 0 unspecified atom stereocenters. The number of anilines is 1. The highest BCUT2D eigenvalue weighted by atomic mass is 16.6. The van der Waals surface area contributed by atoms with Crippen molar-refractivity contribution in [1.82, 2.24) is 10.2 Å². The monoisotopic (exact) mass is 332 g/mol. The summed E-state index contributed by atoms with van der Waals surface area (Å²) in [5, 5.41) is 21.2. The first-order valence-corrected chi connectivity index (χ1v) is 7.54. The molecule has 0 saturated carbocycles. The van der Waals surface area contributed by atoms with Gasteiger partial charge in [-0.3, -0.25) is 15.2 Å². The minimum Gasteiger partial charge on any atom is -0.465 e. The van der Waals surface area contributed by atoms with Gasteiger partial charge in [0.05, 0.1) is 18.2 Å². The molecule has 0 aliphatic carbocycles.